The fraction of sp³-hybridized carbons (Fsp3) is 0.667. The molecule has 2 aliphatic heterocycles. The summed E-state index contributed by atoms with van der Waals surface area (Å²) in [5.41, 5.74) is 1.42. The van der Waals surface area contributed by atoms with Crippen LogP contribution in [-0.4, -0.2) is 54.6 Å². The van der Waals surface area contributed by atoms with Crippen molar-refractivity contribution in [3.63, 3.8) is 0 Å². The van der Waals surface area contributed by atoms with Gasteiger partial charge in [0.05, 0.1) is 6.61 Å². The summed E-state index contributed by atoms with van der Waals surface area (Å²) in [7, 11) is 0. The summed E-state index contributed by atoms with van der Waals surface area (Å²) in [5, 5.41) is 0. The lowest BCUT2D eigenvalue weighted by molar-refractivity contribution is -0.144. The SMILES string of the molecule is CCOC(=O)CC1CCN(C2CCN(Cc3ccccc3)CC2)CC1. The Morgan fingerprint density at radius 1 is 1.04 bits per heavy atom. The summed E-state index contributed by atoms with van der Waals surface area (Å²) in [6.07, 6.45) is 5.44. The molecule has 2 heterocycles. The van der Waals surface area contributed by atoms with Crippen LogP contribution >= 0.6 is 0 Å². The standard InChI is InChI=1S/C21H32N2O2/c1-2-25-21(24)16-18-8-14-23(15-9-18)20-10-12-22(13-11-20)17-19-6-4-3-5-7-19/h3-7,18,20H,2,8-17H2,1H3. The number of benzene rings is 1. The molecule has 3 rings (SSSR count). The van der Waals surface area contributed by atoms with Crippen LogP contribution in [-0.2, 0) is 16.1 Å². The van der Waals surface area contributed by atoms with Crippen molar-refractivity contribution in [2.75, 3.05) is 32.8 Å². The van der Waals surface area contributed by atoms with E-state index in [1.165, 1.54) is 31.5 Å². The molecule has 2 aliphatic rings. The highest BCUT2D eigenvalue weighted by atomic mass is 16.5. The fourth-order valence-corrected chi connectivity index (χ4v) is 4.26. The summed E-state index contributed by atoms with van der Waals surface area (Å²) in [4.78, 5) is 16.9. The van der Waals surface area contributed by atoms with Crippen LogP contribution in [0.25, 0.3) is 0 Å². The normalized spacial score (nSPS) is 21.3. The molecule has 0 radical (unpaired) electrons. The Kier molecular flexibility index (Phi) is 6.88. The van der Waals surface area contributed by atoms with Gasteiger partial charge in [-0.2, -0.15) is 0 Å². The number of carbonyl (C=O) groups is 1. The minimum absolute atomic E-state index is 0.0184. The van der Waals surface area contributed by atoms with E-state index in [1.54, 1.807) is 0 Å². The van der Waals surface area contributed by atoms with E-state index in [0.29, 0.717) is 18.9 Å². The number of hydrogen-bond donors (Lipinski definition) is 0. The van der Waals surface area contributed by atoms with Gasteiger partial charge in [0.15, 0.2) is 0 Å². The van der Waals surface area contributed by atoms with Crippen LogP contribution in [0.5, 0.6) is 0 Å². The maximum Gasteiger partial charge on any atom is 0.306 e. The van der Waals surface area contributed by atoms with Crippen LogP contribution in [0.1, 0.15) is 44.6 Å². The molecule has 4 nitrogen and oxygen atoms in total. The summed E-state index contributed by atoms with van der Waals surface area (Å²) in [5.74, 6) is 0.503. The second-order valence-electron chi connectivity index (χ2n) is 7.48. The molecule has 0 saturated carbocycles. The fourth-order valence-electron chi connectivity index (χ4n) is 4.26. The van der Waals surface area contributed by atoms with Crippen LogP contribution in [0.4, 0.5) is 0 Å². The summed E-state index contributed by atoms with van der Waals surface area (Å²) >= 11 is 0. The van der Waals surface area contributed by atoms with E-state index in [9.17, 15) is 4.79 Å². The predicted octanol–water partition coefficient (Wildman–Crippen LogP) is 3.32. The first-order valence-electron chi connectivity index (χ1n) is 9.90. The number of carbonyl (C=O) groups excluding carboxylic acids is 1. The Balaban J connectivity index is 1.37. The molecule has 0 aromatic heterocycles. The van der Waals surface area contributed by atoms with Crippen molar-refractivity contribution in [3.05, 3.63) is 35.9 Å². The van der Waals surface area contributed by atoms with Crippen LogP contribution in [0.2, 0.25) is 0 Å². The maximum atomic E-state index is 11.6. The Morgan fingerprint density at radius 2 is 1.72 bits per heavy atom. The van der Waals surface area contributed by atoms with E-state index in [1.807, 2.05) is 6.92 Å². The molecule has 4 heteroatoms. The molecule has 0 amide bonds. The molecular formula is C21H32N2O2. The van der Waals surface area contributed by atoms with Crippen LogP contribution in [0, 0.1) is 5.92 Å². The molecule has 0 spiro atoms. The predicted molar refractivity (Wildman–Crippen MR) is 100 cm³/mol. The molecule has 0 N–H and O–H groups in total. The van der Waals surface area contributed by atoms with E-state index >= 15 is 0 Å². The first kappa shape index (κ1) is 18.4. The number of nitrogens with zero attached hydrogens (tertiary/aromatic N) is 2. The number of piperidine rings is 2. The van der Waals surface area contributed by atoms with E-state index < -0.39 is 0 Å². The number of hydrogen-bond acceptors (Lipinski definition) is 4. The van der Waals surface area contributed by atoms with Crippen molar-refractivity contribution in [2.24, 2.45) is 5.92 Å². The first-order chi connectivity index (χ1) is 12.2. The third-order valence-corrected chi connectivity index (χ3v) is 5.73. The average molecular weight is 344 g/mol. The smallest absolute Gasteiger partial charge is 0.306 e. The highest BCUT2D eigenvalue weighted by molar-refractivity contribution is 5.69. The van der Waals surface area contributed by atoms with Crippen molar-refractivity contribution in [1.82, 2.24) is 9.80 Å². The lowest BCUT2D eigenvalue weighted by Crippen LogP contribution is -2.47. The van der Waals surface area contributed by atoms with Gasteiger partial charge in [0, 0.05) is 19.0 Å². The van der Waals surface area contributed by atoms with Gasteiger partial charge in [-0.25, -0.2) is 0 Å². The molecule has 2 saturated heterocycles. The Morgan fingerprint density at radius 3 is 2.36 bits per heavy atom. The highest BCUT2D eigenvalue weighted by Gasteiger charge is 2.29. The third kappa shape index (κ3) is 5.55. The average Bonchev–Trinajstić information content (AvgIpc) is 2.64. The van der Waals surface area contributed by atoms with Crippen molar-refractivity contribution in [1.29, 1.82) is 0 Å². The van der Waals surface area contributed by atoms with Gasteiger partial charge in [0.2, 0.25) is 0 Å². The van der Waals surface area contributed by atoms with Gasteiger partial charge in [-0.1, -0.05) is 30.3 Å². The third-order valence-electron chi connectivity index (χ3n) is 5.73. The van der Waals surface area contributed by atoms with Gasteiger partial charge in [0.1, 0.15) is 0 Å². The molecule has 138 valence electrons. The van der Waals surface area contributed by atoms with Crippen molar-refractivity contribution in [3.8, 4) is 0 Å². The zero-order valence-corrected chi connectivity index (χ0v) is 15.5. The largest absolute Gasteiger partial charge is 0.466 e. The number of likely N-dealkylation sites (tertiary alicyclic amines) is 2. The topological polar surface area (TPSA) is 32.8 Å². The van der Waals surface area contributed by atoms with Crippen molar-refractivity contribution < 1.29 is 9.53 Å². The van der Waals surface area contributed by atoms with Crippen LogP contribution in [0.3, 0.4) is 0 Å². The zero-order valence-electron chi connectivity index (χ0n) is 15.5. The second kappa shape index (κ2) is 9.35. The summed E-state index contributed by atoms with van der Waals surface area (Å²) in [6, 6.07) is 11.5. The number of rotatable bonds is 6. The van der Waals surface area contributed by atoms with E-state index in [2.05, 4.69) is 40.1 Å². The molecule has 0 bridgehead atoms. The Bertz CT molecular complexity index is 518. The van der Waals surface area contributed by atoms with Gasteiger partial charge in [0.25, 0.3) is 0 Å². The molecule has 2 fully saturated rings. The highest BCUT2D eigenvalue weighted by Crippen LogP contribution is 2.26. The molecule has 0 unspecified atom stereocenters. The molecule has 1 aromatic carbocycles. The number of ether oxygens (including phenoxy) is 1. The van der Waals surface area contributed by atoms with E-state index in [0.717, 1.165) is 38.5 Å². The lowest BCUT2D eigenvalue weighted by Gasteiger charge is -2.41. The van der Waals surface area contributed by atoms with Gasteiger partial charge < -0.3 is 9.64 Å². The lowest BCUT2D eigenvalue weighted by atomic mass is 9.91. The summed E-state index contributed by atoms with van der Waals surface area (Å²) < 4.78 is 5.09. The van der Waals surface area contributed by atoms with E-state index in [-0.39, 0.29) is 5.97 Å². The molecule has 25 heavy (non-hydrogen) atoms. The summed E-state index contributed by atoms with van der Waals surface area (Å²) in [6.45, 7) is 8.14. The number of esters is 1. The first-order valence-corrected chi connectivity index (χ1v) is 9.90. The minimum Gasteiger partial charge on any atom is -0.466 e. The quantitative estimate of drug-likeness (QED) is 0.741. The molecule has 0 aliphatic carbocycles. The van der Waals surface area contributed by atoms with Crippen molar-refractivity contribution in [2.45, 2.75) is 51.6 Å². The van der Waals surface area contributed by atoms with Gasteiger partial charge in [-0.3, -0.25) is 9.69 Å². The zero-order chi connectivity index (χ0) is 17.5. The minimum atomic E-state index is -0.0184. The maximum absolute atomic E-state index is 11.6. The van der Waals surface area contributed by atoms with Gasteiger partial charge in [-0.05, 0) is 70.3 Å². The van der Waals surface area contributed by atoms with Gasteiger partial charge in [-0.15, -0.1) is 0 Å². The van der Waals surface area contributed by atoms with Crippen LogP contribution in [0.15, 0.2) is 30.3 Å². The molecule has 0 atom stereocenters. The van der Waals surface area contributed by atoms with Gasteiger partial charge >= 0.3 is 5.97 Å². The molecular weight excluding hydrogens is 312 g/mol. The van der Waals surface area contributed by atoms with E-state index in [4.69, 9.17) is 4.74 Å². The van der Waals surface area contributed by atoms with Crippen LogP contribution < -0.4 is 0 Å². The molecule has 1 aromatic rings. The Labute approximate surface area is 152 Å². The Hall–Kier alpha value is -1.39. The second-order valence-corrected chi connectivity index (χ2v) is 7.48. The monoisotopic (exact) mass is 344 g/mol. The van der Waals surface area contributed by atoms with Crippen molar-refractivity contribution >= 4 is 5.97 Å².